The van der Waals surface area contributed by atoms with Crippen molar-refractivity contribution in [1.82, 2.24) is 5.32 Å². The summed E-state index contributed by atoms with van der Waals surface area (Å²) in [6.45, 7) is 3.47. The van der Waals surface area contributed by atoms with Crippen molar-refractivity contribution in [3.8, 4) is 17.6 Å². The molecule has 2 N–H and O–H groups in total. The number of hydrogen-bond acceptors (Lipinski definition) is 3. The summed E-state index contributed by atoms with van der Waals surface area (Å²) >= 11 is 0. The van der Waals surface area contributed by atoms with Crippen LogP contribution in [0.5, 0.6) is 5.75 Å². The fraction of sp³-hybridized carbons (Fsp3) is 0.517. The Bertz CT molecular complexity index is 1000. The number of hydrogen-bond donors (Lipinski definition) is 2. The summed E-state index contributed by atoms with van der Waals surface area (Å²) in [6.07, 6.45) is 8.30. The van der Waals surface area contributed by atoms with E-state index in [1.165, 1.54) is 29.5 Å². The first-order valence-corrected chi connectivity index (χ1v) is 12.3. The minimum absolute atomic E-state index is 0.0740. The van der Waals surface area contributed by atoms with E-state index in [0.717, 1.165) is 56.9 Å². The van der Waals surface area contributed by atoms with Gasteiger partial charge < -0.3 is 15.2 Å². The molecule has 0 aliphatic heterocycles. The number of fused-ring (bicyclic) bond motifs is 3. The lowest BCUT2D eigenvalue weighted by atomic mass is 9.53. The molecule has 2 saturated carbocycles. The summed E-state index contributed by atoms with van der Waals surface area (Å²) in [5.41, 5.74) is 3.51. The molecule has 3 aliphatic carbocycles. The Hall–Kier alpha value is -2.28. The highest BCUT2D eigenvalue weighted by Gasteiger charge is 2.51. The number of rotatable bonds is 7. The predicted molar refractivity (Wildman–Crippen MR) is 129 cm³/mol. The first-order valence-electron chi connectivity index (χ1n) is 12.3. The van der Waals surface area contributed by atoms with E-state index < -0.39 is 5.60 Å². The van der Waals surface area contributed by atoms with Crippen LogP contribution in [0.2, 0.25) is 0 Å². The fourth-order valence-electron chi connectivity index (χ4n) is 6.04. The Morgan fingerprint density at radius 3 is 2.66 bits per heavy atom. The SMILES string of the molecule is CC#CC1(O)CCC2(CCOc3ccc(CNC4CC4)cc3)c3ccccc3CCC2C1. The molecule has 2 aromatic carbocycles. The minimum Gasteiger partial charge on any atom is -0.494 e. The molecule has 0 radical (unpaired) electrons. The predicted octanol–water partition coefficient (Wildman–Crippen LogP) is 5.15. The van der Waals surface area contributed by atoms with Gasteiger partial charge >= 0.3 is 0 Å². The van der Waals surface area contributed by atoms with Crippen LogP contribution in [0.15, 0.2) is 48.5 Å². The van der Waals surface area contributed by atoms with Crippen molar-refractivity contribution in [2.75, 3.05) is 6.61 Å². The highest BCUT2D eigenvalue weighted by atomic mass is 16.5. The highest BCUT2D eigenvalue weighted by molar-refractivity contribution is 5.40. The molecule has 0 amide bonds. The molecule has 0 bridgehead atoms. The highest BCUT2D eigenvalue weighted by Crippen LogP contribution is 2.54. The van der Waals surface area contributed by atoms with Gasteiger partial charge in [0.25, 0.3) is 0 Å². The second-order valence-corrected chi connectivity index (χ2v) is 10.1. The van der Waals surface area contributed by atoms with Gasteiger partial charge in [-0.15, -0.1) is 5.92 Å². The molecule has 2 aromatic rings. The largest absolute Gasteiger partial charge is 0.494 e. The van der Waals surface area contributed by atoms with Crippen molar-refractivity contribution in [3.05, 3.63) is 65.2 Å². The van der Waals surface area contributed by atoms with Gasteiger partial charge in [-0.2, -0.15) is 0 Å². The van der Waals surface area contributed by atoms with Crippen molar-refractivity contribution < 1.29 is 9.84 Å². The molecule has 3 nitrogen and oxygen atoms in total. The lowest BCUT2D eigenvalue weighted by Gasteiger charge is -2.52. The Morgan fingerprint density at radius 1 is 1.06 bits per heavy atom. The molecule has 0 aromatic heterocycles. The first-order chi connectivity index (χ1) is 15.6. The molecule has 0 heterocycles. The Kier molecular flexibility index (Phi) is 6.01. The van der Waals surface area contributed by atoms with E-state index in [4.69, 9.17) is 4.74 Å². The van der Waals surface area contributed by atoms with Crippen molar-refractivity contribution in [2.45, 2.75) is 81.9 Å². The van der Waals surface area contributed by atoms with Crippen molar-refractivity contribution in [2.24, 2.45) is 5.92 Å². The summed E-state index contributed by atoms with van der Waals surface area (Å²) in [5.74, 6) is 7.46. The quantitative estimate of drug-likeness (QED) is 0.599. The van der Waals surface area contributed by atoms with Gasteiger partial charge in [-0.25, -0.2) is 0 Å². The van der Waals surface area contributed by atoms with Crippen molar-refractivity contribution in [3.63, 3.8) is 0 Å². The van der Waals surface area contributed by atoms with Crippen molar-refractivity contribution in [1.29, 1.82) is 0 Å². The van der Waals surface area contributed by atoms with Crippen LogP contribution < -0.4 is 10.1 Å². The number of aryl methyl sites for hydroxylation is 1. The van der Waals surface area contributed by atoms with Crippen LogP contribution in [0.4, 0.5) is 0 Å². The van der Waals surface area contributed by atoms with Crippen LogP contribution in [0.25, 0.3) is 0 Å². The molecule has 3 atom stereocenters. The lowest BCUT2D eigenvalue weighted by Crippen LogP contribution is -2.50. The van der Waals surface area contributed by atoms with E-state index >= 15 is 0 Å². The standard InChI is InChI=1S/C29H35NO2/c1-2-15-28(31)16-17-29(24(20-28)10-9-23-5-3-4-6-27(23)29)18-19-32-26-13-7-22(8-14-26)21-30-25-11-12-25/h3-8,13-14,24-25,30-31H,9-12,16-21H2,1H3. The maximum atomic E-state index is 11.1. The van der Waals surface area contributed by atoms with Gasteiger partial charge in [0, 0.05) is 18.0 Å². The van der Waals surface area contributed by atoms with Gasteiger partial charge in [-0.3, -0.25) is 0 Å². The molecule has 2 fully saturated rings. The summed E-state index contributed by atoms with van der Waals surface area (Å²) in [7, 11) is 0. The van der Waals surface area contributed by atoms with Gasteiger partial charge in [-0.05, 0) is 93.0 Å². The normalized spacial score (nSPS) is 28.8. The number of nitrogens with one attached hydrogen (secondary N) is 1. The van der Waals surface area contributed by atoms with Crippen LogP contribution in [0, 0.1) is 17.8 Å². The van der Waals surface area contributed by atoms with Crippen LogP contribution in [-0.4, -0.2) is 23.4 Å². The molecule has 5 rings (SSSR count). The third-order valence-corrected chi connectivity index (χ3v) is 7.94. The smallest absolute Gasteiger partial charge is 0.125 e. The van der Waals surface area contributed by atoms with E-state index in [2.05, 4.69) is 65.7 Å². The van der Waals surface area contributed by atoms with E-state index in [1.807, 2.05) is 6.92 Å². The van der Waals surface area contributed by atoms with Gasteiger partial charge in [0.15, 0.2) is 0 Å². The summed E-state index contributed by atoms with van der Waals surface area (Å²) in [6, 6.07) is 18.2. The second kappa shape index (κ2) is 8.93. The lowest BCUT2D eigenvalue weighted by molar-refractivity contribution is -0.0143. The van der Waals surface area contributed by atoms with Crippen LogP contribution in [0.3, 0.4) is 0 Å². The number of aliphatic hydroxyl groups is 1. The molecule has 32 heavy (non-hydrogen) atoms. The van der Waals surface area contributed by atoms with E-state index in [9.17, 15) is 5.11 Å². The van der Waals surface area contributed by atoms with Crippen LogP contribution in [-0.2, 0) is 18.4 Å². The molecule has 0 saturated heterocycles. The number of ether oxygens (including phenoxy) is 1. The van der Waals surface area contributed by atoms with Crippen LogP contribution in [0.1, 0.15) is 68.6 Å². The molecule has 168 valence electrons. The van der Waals surface area contributed by atoms with Crippen molar-refractivity contribution >= 4 is 0 Å². The summed E-state index contributed by atoms with van der Waals surface area (Å²) in [5, 5.41) is 14.6. The van der Waals surface area contributed by atoms with Gasteiger partial charge in [-0.1, -0.05) is 42.3 Å². The van der Waals surface area contributed by atoms with Crippen LogP contribution >= 0.6 is 0 Å². The zero-order chi connectivity index (χ0) is 22.0. The van der Waals surface area contributed by atoms with Gasteiger partial charge in [0.1, 0.15) is 11.4 Å². The fourth-order valence-corrected chi connectivity index (χ4v) is 6.04. The maximum absolute atomic E-state index is 11.1. The third kappa shape index (κ3) is 4.45. The molecule has 3 heteroatoms. The molecule has 3 aliphatic rings. The van der Waals surface area contributed by atoms with E-state index in [1.54, 1.807) is 0 Å². The monoisotopic (exact) mass is 429 g/mol. The topological polar surface area (TPSA) is 41.5 Å². The van der Waals surface area contributed by atoms with Gasteiger partial charge in [0.05, 0.1) is 6.61 Å². The molecule has 0 spiro atoms. The summed E-state index contributed by atoms with van der Waals surface area (Å²) in [4.78, 5) is 0. The average Bonchev–Trinajstić information content (AvgIpc) is 3.64. The summed E-state index contributed by atoms with van der Waals surface area (Å²) < 4.78 is 6.25. The molecule has 3 unspecified atom stereocenters. The van der Waals surface area contributed by atoms with Gasteiger partial charge in [0.2, 0.25) is 0 Å². The van der Waals surface area contributed by atoms with E-state index in [0.29, 0.717) is 12.5 Å². The average molecular weight is 430 g/mol. The number of benzene rings is 2. The third-order valence-electron chi connectivity index (χ3n) is 7.94. The minimum atomic E-state index is -0.833. The second-order valence-electron chi connectivity index (χ2n) is 10.1. The Balaban J connectivity index is 1.29. The Morgan fingerprint density at radius 2 is 1.88 bits per heavy atom. The maximum Gasteiger partial charge on any atom is 0.125 e. The zero-order valence-electron chi connectivity index (χ0n) is 19.2. The zero-order valence-corrected chi connectivity index (χ0v) is 19.2. The Labute approximate surface area is 192 Å². The first kappa shape index (κ1) is 21.6. The molecular formula is C29H35NO2. The molecular weight excluding hydrogens is 394 g/mol. The van der Waals surface area contributed by atoms with E-state index in [-0.39, 0.29) is 5.41 Å².